The Kier molecular flexibility index (Phi) is 3.22. The van der Waals surface area contributed by atoms with Gasteiger partial charge < -0.3 is 0 Å². The van der Waals surface area contributed by atoms with E-state index < -0.39 is 0 Å². The van der Waals surface area contributed by atoms with Gasteiger partial charge in [-0.1, -0.05) is 121 Å². The third-order valence-electron chi connectivity index (χ3n) is 9.86. The Balaban J connectivity index is 1.70. The largest absolute Gasteiger partial charge is 0.0616 e. The number of benzene rings is 11. The van der Waals surface area contributed by atoms with Crippen LogP contribution in [0.1, 0.15) is 0 Å². The highest BCUT2D eigenvalue weighted by molar-refractivity contribution is 6.55. The predicted molar refractivity (Wildman–Crippen MR) is 175 cm³/mol. The van der Waals surface area contributed by atoms with Crippen molar-refractivity contribution in [3.63, 3.8) is 0 Å². The first-order valence-electron chi connectivity index (χ1n) is 14.1. The first-order chi connectivity index (χ1) is 19.9. The van der Waals surface area contributed by atoms with Crippen molar-refractivity contribution in [1.82, 2.24) is 0 Å². The fourth-order valence-corrected chi connectivity index (χ4v) is 8.46. The summed E-state index contributed by atoms with van der Waals surface area (Å²) in [5.41, 5.74) is 0. The van der Waals surface area contributed by atoms with Crippen LogP contribution in [0.5, 0.6) is 0 Å². The molecule has 0 aliphatic rings. The minimum atomic E-state index is 1.34. The summed E-state index contributed by atoms with van der Waals surface area (Å²) in [6, 6.07) is 45.8. The van der Waals surface area contributed by atoms with E-state index in [0.29, 0.717) is 0 Å². The van der Waals surface area contributed by atoms with Crippen LogP contribution in [0.25, 0.3) is 108 Å². The summed E-state index contributed by atoms with van der Waals surface area (Å²) in [6.45, 7) is 0. The van der Waals surface area contributed by atoms with Crippen molar-refractivity contribution in [2.45, 2.75) is 0 Å². The number of hydrogen-bond acceptors (Lipinski definition) is 0. The number of hydrogen-bond donors (Lipinski definition) is 0. The number of fused-ring (bicyclic) bond motifs is 12. The van der Waals surface area contributed by atoms with Gasteiger partial charge in [-0.25, -0.2) is 0 Å². The van der Waals surface area contributed by atoms with Gasteiger partial charge >= 0.3 is 0 Å². The summed E-state index contributed by atoms with van der Waals surface area (Å²) in [5, 5.41) is 27.5. The average molecular weight is 501 g/mol. The van der Waals surface area contributed by atoms with E-state index >= 15 is 0 Å². The van der Waals surface area contributed by atoms with Crippen LogP contribution >= 0.6 is 0 Å². The van der Waals surface area contributed by atoms with E-state index in [9.17, 15) is 0 Å². The van der Waals surface area contributed by atoms with Gasteiger partial charge in [0.25, 0.3) is 0 Å². The summed E-state index contributed by atoms with van der Waals surface area (Å²) in [7, 11) is 0. The minimum Gasteiger partial charge on any atom is -0.0616 e. The van der Waals surface area contributed by atoms with Gasteiger partial charge in [0.1, 0.15) is 0 Å². The van der Waals surface area contributed by atoms with Crippen LogP contribution in [0.2, 0.25) is 0 Å². The van der Waals surface area contributed by atoms with Gasteiger partial charge in [-0.3, -0.25) is 0 Å². The highest BCUT2D eigenvalue weighted by Gasteiger charge is 2.26. The highest BCUT2D eigenvalue weighted by atomic mass is 14.3. The maximum Gasteiger partial charge on any atom is -0.0000929 e. The molecule has 0 saturated heterocycles. The van der Waals surface area contributed by atoms with Gasteiger partial charge in [0, 0.05) is 0 Å². The summed E-state index contributed by atoms with van der Waals surface area (Å²) >= 11 is 0. The molecule has 0 spiro atoms. The second kappa shape index (κ2) is 6.50. The maximum absolute atomic E-state index is 2.39. The molecule has 0 heteroatoms. The third kappa shape index (κ3) is 2.00. The zero-order chi connectivity index (χ0) is 25.7. The Morgan fingerprint density at radius 3 is 0.600 bits per heavy atom. The molecule has 0 bridgehead atoms. The summed E-state index contributed by atoms with van der Waals surface area (Å²) < 4.78 is 0. The first kappa shape index (κ1) is 19.8. The lowest BCUT2D eigenvalue weighted by Gasteiger charge is -2.25. The topological polar surface area (TPSA) is 0 Å². The molecule has 0 nitrogen and oxygen atoms in total. The molecule has 0 unspecified atom stereocenters. The van der Waals surface area contributed by atoms with Crippen LogP contribution in [-0.2, 0) is 0 Å². The van der Waals surface area contributed by atoms with Crippen LogP contribution in [0.3, 0.4) is 0 Å². The van der Waals surface area contributed by atoms with E-state index in [1.165, 1.54) is 108 Å². The highest BCUT2D eigenvalue weighted by Crippen LogP contribution is 2.55. The molecule has 0 aliphatic heterocycles. The van der Waals surface area contributed by atoms with E-state index in [0.717, 1.165) is 0 Å². The minimum absolute atomic E-state index is 1.34. The van der Waals surface area contributed by atoms with Gasteiger partial charge in [0.2, 0.25) is 0 Å². The van der Waals surface area contributed by atoms with Crippen LogP contribution in [0.4, 0.5) is 0 Å². The van der Waals surface area contributed by atoms with E-state index in [1.54, 1.807) is 0 Å². The summed E-state index contributed by atoms with van der Waals surface area (Å²) in [5.74, 6) is 0. The quantitative estimate of drug-likeness (QED) is 0.143. The van der Waals surface area contributed by atoms with Gasteiger partial charge in [-0.15, -0.1) is 0 Å². The van der Waals surface area contributed by atoms with Crippen LogP contribution < -0.4 is 0 Å². The molecular formula is C40H20. The molecule has 0 atom stereocenters. The lowest BCUT2D eigenvalue weighted by molar-refractivity contribution is 1.79. The summed E-state index contributed by atoms with van der Waals surface area (Å²) in [6.07, 6.45) is 0. The molecular weight excluding hydrogens is 480 g/mol. The molecule has 0 amide bonds. The van der Waals surface area contributed by atoms with E-state index in [4.69, 9.17) is 0 Å². The monoisotopic (exact) mass is 500 g/mol. The van der Waals surface area contributed by atoms with E-state index in [2.05, 4.69) is 121 Å². The van der Waals surface area contributed by atoms with Gasteiger partial charge in [0.15, 0.2) is 0 Å². The Bertz CT molecular complexity index is 2460. The SMILES string of the molecule is c1ccc2c(c1)c1ccc3c4ccccc4c4c5ccccc5c5ccc6c7ccccc7c2c2c1c3c4c5c62. The van der Waals surface area contributed by atoms with Crippen LogP contribution in [-0.4, -0.2) is 0 Å². The Morgan fingerprint density at radius 2 is 0.350 bits per heavy atom. The molecule has 0 heterocycles. The van der Waals surface area contributed by atoms with Crippen molar-refractivity contribution in [2.24, 2.45) is 0 Å². The Morgan fingerprint density at radius 1 is 0.150 bits per heavy atom. The van der Waals surface area contributed by atoms with E-state index in [-0.39, 0.29) is 0 Å². The van der Waals surface area contributed by atoms with Crippen molar-refractivity contribution < 1.29 is 0 Å². The molecule has 11 aromatic rings. The second-order valence-electron chi connectivity index (χ2n) is 11.5. The molecule has 0 saturated carbocycles. The smallest absolute Gasteiger partial charge is 0.0000929 e. The van der Waals surface area contributed by atoms with Gasteiger partial charge in [-0.2, -0.15) is 0 Å². The fourth-order valence-electron chi connectivity index (χ4n) is 8.46. The van der Waals surface area contributed by atoms with Crippen LogP contribution in [0, 0.1) is 0 Å². The van der Waals surface area contributed by atoms with Gasteiger partial charge in [-0.05, 0) is 108 Å². The van der Waals surface area contributed by atoms with Crippen molar-refractivity contribution in [3.8, 4) is 0 Å². The molecule has 11 rings (SSSR count). The van der Waals surface area contributed by atoms with Crippen molar-refractivity contribution >= 4 is 108 Å². The van der Waals surface area contributed by atoms with Crippen molar-refractivity contribution in [3.05, 3.63) is 121 Å². The molecule has 0 radical (unpaired) electrons. The van der Waals surface area contributed by atoms with Crippen molar-refractivity contribution in [1.29, 1.82) is 0 Å². The Hall–Kier alpha value is -5.20. The average Bonchev–Trinajstić information content (AvgIpc) is 3.03. The predicted octanol–water partition coefficient (Wildman–Crippen LogP) is 11.5. The second-order valence-corrected chi connectivity index (χ2v) is 11.5. The molecule has 0 N–H and O–H groups in total. The zero-order valence-corrected chi connectivity index (χ0v) is 21.5. The van der Waals surface area contributed by atoms with E-state index in [1.807, 2.05) is 0 Å². The first-order valence-corrected chi connectivity index (χ1v) is 14.1. The third-order valence-corrected chi connectivity index (χ3v) is 9.86. The molecule has 0 aliphatic carbocycles. The molecule has 11 aromatic carbocycles. The van der Waals surface area contributed by atoms with Gasteiger partial charge in [0.05, 0.1) is 0 Å². The van der Waals surface area contributed by atoms with Crippen molar-refractivity contribution in [2.75, 3.05) is 0 Å². The molecule has 0 fully saturated rings. The maximum atomic E-state index is 2.39. The summed E-state index contributed by atoms with van der Waals surface area (Å²) in [4.78, 5) is 0. The normalized spacial score (nSPS) is 13.0. The lowest BCUT2D eigenvalue weighted by Crippen LogP contribution is -1.97. The van der Waals surface area contributed by atoms with Crippen LogP contribution in [0.15, 0.2) is 121 Å². The fraction of sp³-hybridized carbons (Fsp3) is 0. The lowest BCUT2D eigenvalue weighted by atomic mass is 9.77. The standard InChI is InChI=1S/C40H20/c1-5-13-25-21(9-1)29-17-18-30-23-11-3-7-15-27(23)34-28-16-8-4-12-24(28)32-20-19-31-22-10-2-6-14-26(22)33(25)39-35(29)36(30)40(34)38(32)37(31)39/h1-20H. The Labute approximate surface area is 228 Å². The zero-order valence-electron chi connectivity index (χ0n) is 21.5. The molecule has 180 valence electrons. The molecule has 0 aromatic heterocycles. The number of rotatable bonds is 0. The molecule has 40 heavy (non-hydrogen) atoms.